The number of hydrogen-bond acceptors (Lipinski definition) is 6. The summed E-state index contributed by atoms with van der Waals surface area (Å²) in [6.45, 7) is 15.2. The predicted molar refractivity (Wildman–Crippen MR) is 154 cm³/mol. The summed E-state index contributed by atoms with van der Waals surface area (Å²) in [5.74, 6) is -3.34. The van der Waals surface area contributed by atoms with E-state index in [0.29, 0.717) is 30.0 Å². The van der Waals surface area contributed by atoms with Gasteiger partial charge >= 0.3 is 5.97 Å². The number of ether oxygens (including phenoxy) is 2. The van der Waals surface area contributed by atoms with Crippen LogP contribution >= 0.6 is 11.6 Å². The van der Waals surface area contributed by atoms with Gasteiger partial charge in [0.15, 0.2) is 0 Å². The summed E-state index contributed by atoms with van der Waals surface area (Å²) in [5.41, 5.74) is -1.77. The monoisotopic (exact) mass is 572 g/mol. The van der Waals surface area contributed by atoms with Crippen LogP contribution < -0.4 is 4.90 Å². The molecule has 9 heteroatoms. The van der Waals surface area contributed by atoms with Gasteiger partial charge in [0.1, 0.15) is 17.6 Å². The summed E-state index contributed by atoms with van der Waals surface area (Å²) >= 11 is 6.53. The number of carbonyl (C=O) groups excluding carboxylic acids is 3. The number of amides is 2. The quantitative estimate of drug-likeness (QED) is 0.227. The van der Waals surface area contributed by atoms with Gasteiger partial charge in [-0.3, -0.25) is 14.4 Å². The molecule has 1 aromatic carbocycles. The van der Waals surface area contributed by atoms with Gasteiger partial charge in [0.2, 0.25) is 5.91 Å². The molecule has 40 heavy (non-hydrogen) atoms. The molecule has 8 nitrogen and oxygen atoms in total. The van der Waals surface area contributed by atoms with Crippen LogP contribution in [0, 0.1) is 23.7 Å². The molecule has 3 heterocycles. The van der Waals surface area contributed by atoms with Crippen molar-refractivity contribution in [1.29, 1.82) is 0 Å². The van der Waals surface area contributed by atoms with E-state index in [1.807, 2.05) is 27.7 Å². The first-order valence-electron chi connectivity index (χ1n) is 14.1. The second-order valence-corrected chi connectivity index (χ2v) is 12.1. The van der Waals surface area contributed by atoms with Crippen LogP contribution in [0.3, 0.4) is 0 Å². The molecule has 1 aromatic rings. The van der Waals surface area contributed by atoms with Crippen molar-refractivity contribution < 1.29 is 29.0 Å². The molecule has 3 fully saturated rings. The number of fused-ring (bicyclic) bond motifs is 1. The molecule has 7 atom stereocenters. The van der Waals surface area contributed by atoms with Gasteiger partial charge in [-0.05, 0) is 50.2 Å². The van der Waals surface area contributed by atoms with Crippen LogP contribution in [0.15, 0.2) is 49.6 Å². The van der Waals surface area contributed by atoms with E-state index in [2.05, 4.69) is 13.2 Å². The number of rotatable bonds is 12. The Bertz CT molecular complexity index is 1170. The summed E-state index contributed by atoms with van der Waals surface area (Å²) in [4.78, 5) is 45.7. The van der Waals surface area contributed by atoms with E-state index in [-0.39, 0.29) is 43.4 Å². The minimum Gasteiger partial charge on any atom is -0.465 e. The topological polar surface area (TPSA) is 96.4 Å². The van der Waals surface area contributed by atoms with Crippen molar-refractivity contribution >= 4 is 35.1 Å². The summed E-state index contributed by atoms with van der Waals surface area (Å²) in [7, 11) is 0. The maximum Gasteiger partial charge on any atom is 0.312 e. The van der Waals surface area contributed by atoms with Gasteiger partial charge in [0.25, 0.3) is 5.91 Å². The molecule has 1 N–H and O–H groups in total. The SMILES string of the molecule is C=CCCCOC(=O)[C@@H]1[C@H]2C(=O)N([C@@H](CO)C(C)C)C(C(=O)N(CC=C)c3ccccc3Cl)C23CC(C)[C@@]1(C)O3. The number of likely N-dealkylation sites (tertiary alicyclic amines) is 1. The van der Waals surface area contributed by atoms with Gasteiger partial charge in [-0.2, -0.15) is 0 Å². The lowest BCUT2D eigenvalue weighted by Crippen LogP contribution is -2.60. The minimum absolute atomic E-state index is 0.127. The smallest absolute Gasteiger partial charge is 0.312 e. The Labute approximate surface area is 241 Å². The van der Waals surface area contributed by atoms with Crippen molar-refractivity contribution in [3.63, 3.8) is 0 Å². The number of anilines is 1. The third-order valence-electron chi connectivity index (χ3n) is 9.07. The number of esters is 1. The molecule has 2 bridgehead atoms. The summed E-state index contributed by atoms with van der Waals surface area (Å²) in [6, 6.07) is 5.26. The number of aliphatic hydroxyl groups is 1. The van der Waals surface area contributed by atoms with Gasteiger partial charge in [-0.25, -0.2) is 0 Å². The van der Waals surface area contributed by atoms with Gasteiger partial charge in [0, 0.05) is 6.54 Å². The van der Waals surface area contributed by atoms with Crippen molar-refractivity contribution in [1.82, 2.24) is 4.90 Å². The number of allylic oxidation sites excluding steroid dienone is 1. The van der Waals surface area contributed by atoms with Crippen LogP contribution in [-0.2, 0) is 23.9 Å². The van der Waals surface area contributed by atoms with Crippen molar-refractivity contribution in [2.75, 3.05) is 24.7 Å². The summed E-state index contributed by atoms with van der Waals surface area (Å²) in [6.07, 6.45) is 5.10. The largest absolute Gasteiger partial charge is 0.465 e. The fourth-order valence-corrected chi connectivity index (χ4v) is 7.27. The highest BCUT2D eigenvalue weighted by Crippen LogP contribution is 2.66. The number of hydrogen-bond donors (Lipinski definition) is 1. The highest BCUT2D eigenvalue weighted by Gasteiger charge is 2.81. The van der Waals surface area contributed by atoms with Crippen LogP contribution in [-0.4, -0.2) is 70.8 Å². The number of unbranched alkanes of at least 4 members (excludes halogenated alkanes) is 1. The Hall–Kier alpha value is -2.68. The maximum atomic E-state index is 14.7. The van der Waals surface area contributed by atoms with E-state index < -0.39 is 41.1 Å². The Kier molecular flexibility index (Phi) is 8.83. The molecule has 0 radical (unpaired) electrons. The number of aliphatic hydroxyl groups excluding tert-OH is 1. The average Bonchev–Trinajstić information content (AvgIpc) is 3.42. The standard InChI is InChI=1S/C31H41ClN2O6/c1-7-9-12-16-39-29(38)25-24-27(36)34(23(18-35)19(3)4)26(31(24)17-20(5)30(25,6)40-31)28(37)33(15-8-2)22-14-11-10-13-21(22)32/h7-8,10-11,13-14,19-20,23-26,35H,1-2,9,12,15-18H2,3-6H3/t20?,23-,24-,25-,26?,30+,31?/m0/s1. The minimum atomic E-state index is -1.27. The summed E-state index contributed by atoms with van der Waals surface area (Å²) in [5, 5.41) is 10.8. The third-order valence-corrected chi connectivity index (χ3v) is 9.39. The van der Waals surface area contributed by atoms with Gasteiger partial charge in [-0.1, -0.05) is 56.7 Å². The van der Waals surface area contributed by atoms with Crippen LogP contribution in [0.2, 0.25) is 5.02 Å². The second-order valence-electron chi connectivity index (χ2n) is 11.7. The zero-order chi connectivity index (χ0) is 29.4. The molecular formula is C31H41ClN2O6. The Morgan fingerprint density at radius 2 is 2.00 bits per heavy atom. The first-order valence-corrected chi connectivity index (χ1v) is 14.4. The van der Waals surface area contributed by atoms with Gasteiger partial charge in [0.05, 0.1) is 41.5 Å². The third kappa shape index (κ3) is 4.68. The lowest BCUT2D eigenvalue weighted by Gasteiger charge is -2.40. The first kappa shape index (κ1) is 30.3. The molecule has 0 aliphatic carbocycles. The zero-order valence-corrected chi connectivity index (χ0v) is 24.6. The van der Waals surface area contributed by atoms with Crippen molar-refractivity contribution in [3.8, 4) is 0 Å². The van der Waals surface area contributed by atoms with Crippen LogP contribution in [0.4, 0.5) is 5.69 Å². The fraction of sp³-hybridized carbons (Fsp3) is 0.581. The van der Waals surface area contributed by atoms with Gasteiger partial charge in [-0.15, -0.1) is 13.2 Å². The molecule has 3 saturated heterocycles. The van der Waals surface area contributed by atoms with Crippen molar-refractivity contribution in [2.45, 2.75) is 70.2 Å². The zero-order valence-electron chi connectivity index (χ0n) is 23.8. The molecule has 3 aliphatic rings. The number of benzene rings is 1. The van der Waals surface area contributed by atoms with E-state index >= 15 is 0 Å². The normalized spacial score (nSPS) is 31.3. The predicted octanol–water partition coefficient (Wildman–Crippen LogP) is 4.40. The fourth-order valence-electron chi connectivity index (χ4n) is 7.04. The van der Waals surface area contributed by atoms with Gasteiger partial charge < -0.3 is 24.4 Å². The van der Waals surface area contributed by atoms with E-state index in [0.717, 1.165) is 0 Å². The summed E-state index contributed by atoms with van der Waals surface area (Å²) < 4.78 is 12.5. The van der Waals surface area contributed by atoms with Crippen LogP contribution in [0.5, 0.6) is 0 Å². The molecule has 1 spiro atoms. The highest BCUT2D eigenvalue weighted by atomic mass is 35.5. The highest BCUT2D eigenvalue weighted by molar-refractivity contribution is 6.34. The number of halogens is 1. The Morgan fingerprint density at radius 3 is 2.60 bits per heavy atom. The molecule has 0 saturated carbocycles. The molecule has 4 rings (SSSR count). The second kappa shape index (κ2) is 11.7. The molecule has 2 amide bonds. The van der Waals surface area contributed by atoms with Crippen LogP contribution in [0.1, 0.15) is 47.0 Å². The average molecular weight is 573 g/mol. The lowest BCUT2D eigenvalue weighted by molar-refractivity contribution is -0.162. The lowest BCUT2D eigenvalue weighted by atomic mass is 9.62. The van der Waals surface area contributed by atoms with E-state index in [1.54, 1.807) is 36.4 Å². The van der Waals surface area contributed by atoms with E-state index in [4.69, 9.17) is 21.1 Å². The Morgan fingerprint density at radius 1 is 1.30 bits per heavy atom. The number of nitrogens with zero attached hydrogens (tertiary/aromatic N) is 2. The number of para-hydroxylation sites is 1. The Balaban J connectivity index is 1.84. The molecule has 3 aliphatic heterocycles. The molecular weight excluding hydrogens is 532 g/mol. The van der Waals surface area contributed by atoms with Crippen LogP contribution in [0.25, 0.3) is 0 Å². The number of carbonyl (C=O) groups is 3. The molecule has 3 unspecified atom stereocenters. The van der Waals surface area contributed by atoms with Crippen molar-refractivity contribution in [3.05, 3.63) is 54.6 Å². The molecule has 218 valence electrons. The van der Waals surface area contributed by atoms with Crippen molar-refractivity contribution in [2.24, 2.45) is 23.7 Å². The maximum absolute atomic E-state index is 14.7. The molecule has 0 aromatic heterocycles. The van der Waals surface area contributed by atoms with E-state index in [9.17, 15) is 19.5 Å². The van der Waals surface area contributed by atoms with E-state index in [1.165, 1.54) is 9.80 Å². The first-order chi connectivity index (χ1) is 19.0.